The predicted molar refractivity (Wildman–Crippen MR) is 75.6 cm³/mol. The molecule has 0 aliphatic heterocycles. The first-order chi connectivity index (χ1) is 9.58. The third kappa shape index (κ3) is 5.01. The van der Waals surface area contributed by atoms with Crippen molar-refractivity contribution in [3.63, 3.8) is 0 Å². The Kier molecular flexibility index (Phi) is 6.73. The van der Waals surface area contributed by atoms with E-state index in [1.165, 1.54) is 14.2 Å². The van der Waals surface area contributed by atoms with Gasteiger partial charge in [-0.2, -0.15) is 0 Å². The highest BCUT2D eigenvalue weighted by atomic mass is 16.7. The molecule has 0 saturated carbocycles. The van der Waals surface area contributed by atoms with Crippen LogP contribution in [0.3, 0.4) is 0 Å². The summed E-state index contributed by atoms with van der Waals surface area (Å²) in [4.78, 5) is 28.2. The number of amides is 1. The number of hydrogen-bond donors (Lipinski definition) is 0. The van der Waals surface area contributed by atoms with Crippen LogP contribution < -0.4 is 4.74 Å². The van der Waals surface area contributed by atoms with E-state index in [4.69, 9.17) is 9.57 Å². The highest BCUT2D eigenvalue weighted by Gasteiger charge is 2.12. The van der Waals surface area contributed by atoms with Gasteiger partial charge in [-0.1, -0.05) is 6.92 Å². The Balaban J connectivity index is 2.49. The molecule has 0 fully saturated rings. The van der Waals surface area contributed by atoms with E-state index in [9.17, 15) is 9.59 Å². The minimum atomic E-state index is -0.219. The summed E-state index contributed by atoms with van der Waals surface area (Å²) in [5.74, 6) is 0.465. The molecule has 0 radical (unpaired) electrons. The number of nitrogens with zero attached hydrogens (tertiary/aromatic N) is 1. The summed E-state index contributed by atoms with van der Waals surface area (Å²) < 4.78 is 5.45. The lowest BCUT2D eigenvalue weighted by Crippen LogP contribution is -2.25. The van der Waals surface area contributed by atoms with Gasteiger partial charge in [0.15, 0.2) is 5.78 Å². The number of ether oxygens (including phenoxy) is 1. The van der Waals surface area contributed by atoms with Crippen LogP contribution in [0.4, 0.5) is 0 Å². The van der Waals surface area contributed by atoms with Crippen LogP contribution in [0.5, 0.6) is 5.75 Å². The fraction of sp³-hybridized carbons (Fsp3) is 0.467. The van der Waals surface area contributed by atoms with Gasteiger partial charge in [-0.05, 0) is 30.7 Å². The van der Waals surface area contributed by atoms with E-state index in [-0.39, 0.29) is 24.5 Å². The maximum absolute atomic E-state index is 11.9. The molecule has 0 N–H and O–H groups in total. The van der Waals surface area contributed by atoms with Crippen molar-refractivity contribution in [2.24, 2.45) is 0 Å². The molecular weight excluding hydrogens is 258 g/mol. The summed E-state index contributed by atoms with van der Waals surface area (Å²) in [6.07, 6.45) is 1.24. The van der Waals surface area contributed by atoms with Crippen molar-refractivity contribution in [1.29, 1.82) is 0 Å². The first kappa shape index (κ1) is 16.2. The molecule has 1 amide bonds. The van der Waals surface area contributed by atoms with Gasteiger partial charge in [-0.15, -0.1) is 0 Å². The van der Waals surface area contributed by atoms with Crippen molar-refractivity contribution in [2.75, 3.05) is 20.8 Å². The Morgan fingerprint density at radius 1 is 1.15 bits per heavy atom. The van der Waals surface area contributed by atoms with Gasteiger partial charge in [-0.25, -0.2) is 5.06 Å². The number of hydrogen-bond acceptors (Lipinski definition) is 4. The molecule has 0 saturated heterocycles. The van der Waals surface area contributed by atoms with Crippen LogP contribution in [0.2, 0.25) is 0 Å². The normalized spacial score (nSPS) is 10.2. The largest absolute Gasteiger partial charge is 0.494 e. The molecule has 1 rings (SSSR count). The molecule has 0 aliphatic rings. The first-order valence-corrected chi connectivity index (χ1v) is 6.65. The molecule has 5 nitrogen and oxygen atoms in total. The molecule has 5 heteroatoms. The van der Waals surface area contributed by atoms with Gasteiger partial charge in [0.2, 0.25) is 5.91 Å². The van der Waals surface area contributed by atoms with E-state index in [0.717, 1.165) is 17.2 Å². The SMILES string of the molecule is CCCOc1ccc(C(=O)CCC(=O)N(C)OC)cc1. The van der Waals surface area contributed by atoms with Gasteiger partial charge >= 0.3 is 0 Å². The van der Waals surface area contributed by atoms with Crippen LogP contribution in [-0.2, 0) is 9.63 Å². The van der Waals surface area contributed by atoms with Crippen molar-refractivity contribution in [2.45, 2.75) is 26.2 Å². The monoisotopic (exact) mass is 279 g/mol. The summed E-state index contributed by atoms with van der Waals surface area (Å²) in [6, 6.07) is 6.98. The van der Waals surface area contributed by atoms with Crippen molar-refractivity contribution in [1.82, 2.24) is 5.06 Å². The topological polar surface area (TPSA) is 55.8 Å². The maximum Gasteiger partial charge on any atom is 0.246 e. The Hall–Kier alpha value is -1.88. The molecule has 1 aromatic carbocycles. The van der Waals surface area contributed by atoms with Crippen molar-refractivity contribution in [3.05, 3.63) is 29.8 Å². The van der Waals surface area contributed by atoms with E-state index in [1.54, 1.807) is 24.3 Å². The highest BCUT2D eigenvalue weighted by Crippen LogP contribution is 2.14. The molecule has 20 heavy (non-hydrogen) atoms. The molecule has 0 atom stereocenters. The van der Waals surface area contributed by atoms with E-state index >= 15 is 0 Å². The molecule has 110 valence electrons. The molecule has 0 unspecified atom stereocenters. The lowest BCUT2D eigenvalue weighted by Gasteiger charge is -2.12. The molecule has 0 spiro atoms. The lowest BCUT2D eigenvalue weighted by atomic mass is 10.1. The Bertz CT molecular complexity index is 442. The zero-order valence-corrected chi connectivity index (χ0v) is 12.2. The number of carbonyl (C=O) groups excluding carboxylic acids is 2. The van der Waals surface area contributed by atoms with Crippen LogP contribution in [-0.4, -0.2) is 37.5 Å². The van der Waals surface area contributed by atoms with Crippen molar-refractivity contribution < 1.29 is 19.2 Å². The van der Waals surface area contributed by atoms with Crippen LogP contribution in [0.1, 0.15) is 36.5 Å². The molecule has 0 aliphatic carbocycles. The minimum Gasteiger partial charge on any atom is -0.494 e. The highest BCUT2D eigenvalue weighted by molar-refractivity contribution is 5.97. The summed E-state index contributed by atoms with van der Waals surface area (Å²) in [6.45, 7) is 2.69. The minimum absolute atomic E-state index is 0.0649. The Morgan fingerprint density at radius 3 is 2.35 bits per heavy atom. The summed E-state index contributed by atoms with van der Waals surface area (Å²) in [5.41, 5.74) is 0.585. The first-order valence-electron chi connectivity index (χ1n) is 6.65. The molecule has 0 heterocycles. The summed E-state index contributed by atoms with van der Waals surface area (Å²) in [7, 11) is 2.93. The average molecular weight is 279 g/mol. The zero-order valence-electron chi connectivity index (χ0n) is 12.2. The lowest BCUT2D eigenvalue weighted by molar-refractivity contribution is -0.168. The second kappa shape index (κ2) is 8.32. The number of Topliss-reactive ketones (excluding diaryl/α,β-unsaturated/α-hetero) is 1. The average Bonchev–Trinajstić information content (AvgIpc) is 2.49. The zero-order chi connectivity index (χ0) is 15.0. The maximum atomic E-state index is 11.9. The number of ketones is 1. The molecular formula is C15H21NO4. The third-order valence-corrected chi connectivity index (χ3v) is 2.84. The van der Waals surface area contributed by atoms with Gasteiger partial charge in [-0.3, -0.25) is 14.4 Å². The van der Waals surface area contributed by atoms with E-state index in [0.29, 0.717) is 12.2 Å². The Labute approximate surface area is 119 Å². The van der Waals surface area contributed by atoms with Crippen LogP contribution in [0.25, 0.3) is 0 Å². The van der Waals surface area contributed by atoms with Crippen LogP contribution in [0.15, 0.2) is 24.3 Å². The van der Waals surface area contributed by atoms with E-state index in [1.807, 2.05) is 6.92 Å². The van der Waals surface area contributed by atoms with Crippen LogP contribution in [0, 0.1) is 0 Å². The number of carbonyl (C=O) groups is 2. The van der Waals surface area contributed by atoms with Crippen molar-refractivity contribution in [3.8, 4) is 5.75 Å². The van der Waals surface area contributed by atoms with Gasteiger partial charge in [0, 0.05) is 25.5 Å². The van der Waals surface area contributed by atoms with Gasteiger partial charge in [0.25, 0.3) is 0 Å². The van der Waals surface area contributed by atoms with Crippen molar-refractivity contribution >= 4 is 11.7 Å². The van der Waals surface area contributed by atoms with E-state index in [2.05, 4.69) is 0 Å². The van der Waals surface area contributed by atoms with Gasteiger partial charge in [0.1, 0.15) is 5.75 Å². The number of benzene rings is 1. The summed E-state index contributed by atoms with van der Waals surface area (Å²) >= 11 is 0. The van der Waals surface area contributed by atoms with Gasteiger partial charge in [0.05, 0.1) is 13.7 Å². The molecule has 1 aromatic rings. The second-order valence-electron chi connectivity index (χ2n) is 4.37. The van der Waals surface area contributed by atoms with Gasteiger partial charge < -0.3 is 4.74 Å². The Morgan fingerprint density at radius 2 is 1.80 bits per heavy atom. The summed E-state index contributed by atoms with van der Waals surface area (Å²) in [5, 5.41) is 1.12. The molecule has 0 bridgehead atoms. The number of hydroxylamine groups is 2. The smallest absolute Gasteiger partial charge is 0.246 e. The molecule has 0 aromatic heterocycles. The van der Waals surface area contributed by atoms with Crippen LogP contribution >= 0.6 is 0 Å². The fourth-order valence-electron chi connectivity index (χ4n) is 1.58. The second-order valence-corrected chi connectivity index (χ2v) is 4.37. The fourth-order valence-corrected chi connectivity index (χ4v) is 1.58. The van der Waals surface area contributed by atoms with E-state index < -0.39 is 0 Å². The number of rotatable bonds is 8. The predicted octanol–water partition coefficient (Wildman–Crippen LogP) is 2.46. The standard InChI is InChI=1S/C15H21NO4/c1-4-11-20-13-7-5-12(6-8-13)14(17)9-10-15(18)16(2)19-3/h5-8H,4,9-11H2,1-3H3. The quantitative estimate of drug-likeness (QED) is 0.542. The third-order valence-electron chi connectivity index (χ3n) is 2.84.